The Morgan fingerprint density at radius 1 is 0.800 bits per heavy atom. The predicted octanol–water partition coefficient (Wildman–Crippen LogP) is 5.19. The van der Waals surface area contributed by atoms with Crippen LogP contribution in [0.3, 0.4) is 0 Å². The van der Waals surface area contributed by atoms with Gasteiger partial charge in [0.15, 0.2) is 33.0 Å². The van der Waals surface area contributed by atoms with Crippen LogP contribution in [0.5, 0.6) is 5.75 Å². The molecule has 2 aliphatic carbocycles. The van der Waals surface area contributed by atoms with Gasteiger partial charge in [0.1, 0.15) is 11.4 Å². The van der Waals surface area contributed by atoms with Crippen LogP contribution in [0.4, 0.5) is 27.6 Å². The number of rotatable bonds is 2. The van der Waals surface area contributed by atoms with Gasteiger partial charge in [0.25, 0.3) is 23.6 Å². The number of anilines is 1. The summed E-state index contributed by atoms with van der Waals surface area (Å²) in [4.78, 5) is 48.3. The van der Waals surface area contributed by atoms with Crippen LogP contribution in [0, 0.1) is 46.8 Å². The predicted molar refractivity (Wildman–Crippen MR) is 146 cm³/mol. The van der Waals surface area contributed by atoms with E-state index in [-0.39, 0.29) is 32.9 Å². The molecule has 4 aliphatic rings. The molecule has 0 aromatic heterocycles. The minimum absolute atomic E-state index is 0.0686. The van der Waals surface area contributed by atoms with Gasteiger partial charge in [0, 0.05) is 16.9 Å². The molecule has 0 spiro atoms. The minimum atomic E-state index is -2.77. The summed E-state index contributed by atoms with van der Waals surface area (Å²) in [5.74, 6) is -23.4. The number of carbonyl (C=O) groups excluding carboxylic acids is 4. The molecule has 2 heterocycles. The van der Waals surface area contributed by atoms with Crippen molar-refractivity contribution in [1.29, 1.82) is 0 Å². The number of halogens is 7. The van der Waals surface area contributed by atoms with Crippen molar-refractivity contribution in [3.63, 3.8) is 0 Å². The maximum absolute atomic E-state index is 15.1. The van der Waals surface area contributed by atoms with Crippen LogP contribution in [0.15, 0.2) is 48.0 Å². The topological polar surface area (TPSA) is 115 Å². The molecule has 3 aromatic rings. The van der Waals surface area contributed by atoms with Crippen LogP contribution in [0.25, 0.3) is 10.8 Å². The second-order valence-electron chi connectivity index (χ2n) is 11.4. The maximum atomic E-state index is 15.1. The van der Waals surface area contributed by atoms with E-state index < -0.39 is 104 Å². The summed E-state index contributed by atoms with van der Waals surface area (Å²) in [5, 5.41) is 22.4. The van der Waals surface area contributed by atoms with E-state index in [2.05, 4.69) is 0 Å². The molecular formula is C30H17Cl2F5N2O6. The van der Waals surface area contributed by atoms with Crippen molar-refractivity contribution in [2.75, 3.05) is 4.90 Å². The summed E-state index contributed by atoms with van der Waals surface area (Å²) >= 11 is 14.0. The summed E-state index contributed by atoms with van der Waals surface area (Å²) in [7, 11) is 0. The quantitative estimate of drug-likeness (QED) is 0.0740. The van der Waals surface area contributed by atoms with Gasteiger partial charge in [-0.05, 0) is 24.1 Å². The number of allylic oxidation sites excluding steroid dienone is 2. The molecule has 0 bridgehead atoms. The summed E-state index contributed by atoms with van der Waals surface area (Å²) in [6, 6.07) is 9.36. The lowest BCUT2D eigenvalue weighted by Crippen LogP contribution is -2.60. The lowest BCUT2D eigenvalue weighted by molar-refractivity contribution is -0.173. The van der Waals surface area contributed by atoms with Gasteiger partial charge in [-0.3, -0.25) is 24.4 Å². The third-order valence-electron chi connectivity index (χ3n) is 9.44. The molecule has 2 saturated heterocycles. The molecule has 1 saturated carbocycles. The first-order valence-electron chi connectivity index (χ1n) is 13.4. The number of aromatic hydroxyl groups is 1. The van der Waals surface area contributed by atoms with Gasteiger partial charge >= 0.3 is 0 Å². The summed E-state index contributed by atoms with van der Waals surface area (Å²) in [6.45, 7) is 0. The number of imide groups is 2. The highest BCUT2D eigenvalue weighted by Gasteiger charge is 2.77. The Morgan fingerprint density at radius 3 is 2.09 bits per heavy atom. The normalized spacial score (nSPS) is 31.0. The number of phenols is 1. The Kier molecular flexibility index (Phi) is 6.24. The molecular weight excluding hydrogens is 650 g/mol. The van der Waals surface area contributed by atoms with Gasteiger partial charge in [0.05, 0.1) is 11.8 Å². The number of hydroxylamine groups is 2. The van der Waals surface area contributed by atoms with E-state index in [1.165, 1.54) is 18.2 Å². The molecule has 3 fully saturated rings. The molecule has 232 valence electrons. The molecule has 2 N–H and O–H groups in total. The van der Waals surface area contributed by atoms with E-state index in [0.717, 1.165) is 0 Å². The number of amides is 4. The van der Waals surface area contributed by atoms with Gasteiger partial charge in [0.2, 0.25) is 5.82 Å². The standard InChI is InChI=1S/C30H17Cl2F5N2O6/c31-29-9-15-12(7-8-13-16(15)26(42)39(45)25(13)41)17(14-6-5-10-3-1-2-4-11(10)24(14)40)30(29,32)28(44)38(27(29)43)23-21(36)19(34)18(33)20(35)22(23)37/h1-7,13,15-17,40,45H,8-9H2. The number of carbonyl (C=O) groups is 4. The van der Waals surface area contributed by atoms with Crippen LogP contribution < -0.4 is 4.90 Å². The highest BCUT2D eigenvalue weighted by Crippen LogP contribution is 2.66. The van der Waals surface area contributed by atoms with Crippen LogP contribution >= 0.6 is 23.2 Å². The number of nitrogens with zero attached hydrogens (tertiary/aromatic N) is 2. The second-order valence-corrected chi connectivity index (χ2v) is 12.6. The number of fused-ring (bicyclic) bond motifs is 5. The zero-order valence-electron chi connectivity index (χ0n) is 22.3. The van der Waals surface area contributed by atoms with E-state index in [1.807, 2.05) is 0 Å². The summed E-state index contributed by atoms with van der Waals surface area (Å²) in [5.41, 5.74) is -1.87. The van der Waals surface area contributed by atoms with E-state index in [9.17, 15) is 42.7 Å². The van der Waals surface area contributed by atoms with Crippen molar-refractivity contribution in [3.05, 3.63) is 82.7 Å². The van der Waals surface area contributed by atoms with Crippen molar-refractivity contribution < 1.29 is 51.4 Å². The molecule has 6 unspecified atom stereocenters. The lowest BCUT2D eigenvalue weighted by atomic mass is 9.56. The highest BCUT2D eigenvalue weighted by molar-refractivity contribution is 6.58. The monoisotopic (exact) mass is 666 g/mol. The zero-order valence-corrected chi connectivity index (χ0v) is 23.8. The Labute approximate surface area is 259 Å². The van der Waals surface area contributed by atoms with Gasteiger partial charge < -0.3 is 5.11 Å². The largest absolute Gasteiger partial charge is 0.507 e. The molecule has 7 rings (SSSR count). The van der Waals surface area contributed by atoms with Crippen molar-refractivity contribution in [2.24, 2.45) is 17.8 Å². The molecule has 45 heavy (non-hydrogen) atoms. The second kappa shape index (κ2) is 9.47. The SMILES string of the molecule is O=C1C2CC=C3C(CC4(Cl)C(=O)N(c5c(F)c(F)c(F)c(F)c5F)C(=O)C4(Cl)C3c3ccc4ccccc4c3O)C2C(=O)N1O. The zero-order chi connectivity index (χ0) is 32.5. The average Bonchev–Trinajstić information content (AvgIpc) is 3.33. The number of alkyl halides is 2. The van der Waals surface area contributed by atoms with Crippen molar-refractivity contribution in [1.82, 2.24) is 5.06 Å². The molecule has 4 amide bonds. The van der Waals surface area contributed by atoms with Crippen LogP contribution in [0.2, 0.25) is 0 Å². The fourth-order valence-electron chi connectivity index (χ4n) is 7.40. The Bertz CT molecular complexity index is 1950. The van der Waals surface area contributed by atoms with Crippen molar-refractivity contribution in [2.45, 2.75) is 28.5 Å². The number of hydrogen-bond acceptors (Lipinski definition) is 6. The van der Waals surface area contributed by atoms with E-state index >= 15 is 8.78 Å². The summed E-state index contributed by atoms with van der Waals surface area (Å²) in [6.07, 6.45) is 0.586. The molecule has 0 radical (unpaired) electrons. The van der Waals surface area contributed by atoms with Gasteiger partial charge in [-0.25, -0.2) is 26.9 Å². The Balaban J connectivity index is 1.51. The van der Waals surface area contributed by atoms with Crippen molar-refractivity contribution in [3.8, 4) is 5.75 Å². The molecule has 2 aliphatic heterocycles. The number of benzene rings is 3. The first kappa shape index (κ1) is 29.6. The fraction of sp³-hybridized carbons (Fsp3) is 0.267. The van der Waals surface area contributed by atoms with Gasteiger partial charge in [-0.2, -0.15) is 5.06 Å². The van der Waals surface area contributed by atoms with Gasteiger partial charge in [-0.1, -0.05) is 48.0 Å². The molecule has 6 atom stereocenters. The Morgan fingerprint density at radius 2 is 1.42 bits per heavy atom. The van der Waals surface area contributed by atoms with E-state index in [4.69, 9.17) is 23.2 Å². The third kappa shape index (κ3) is 3.46. The molecule has 3 aromatic carbocycles. The average molecular weight is 667 g/mol. The highest BCUT2D eigenvalue weighted by atomic mass is 35.5. The van der Waals surface area contributed by atoms with Crippen LogP contribution in [-0.2, 0) is 19.2 Å². The molecule has 15 heteroatoms. The first-order valence-corrected chi connectivity index (χ1v) is 14.2. The summed E-state index contributed by atoms with van der Waals surface area (Å²) < 4.78 is 72.7. The van der Waals surface area contributed by atoms with Crippen LogP contribution in [-0.4, -0.2) is 48.8 Å². The number of hydrogen-bond donors (Lipinski definition) is 2. The van der Waals surface area contributed by atoms with Gasteiger partial charge in [-0.15, -0.1) is 23.2 Å². The fourth-order valence-corrected chi connectivity index (χ4v) is 8.33. The molecule has 8 nitrogen and oxygen atoms in total. The van der Waals surface area contributed by atoms with Crippen LogP contribution in [0.1, 0.15) is 24.3 Å². The third-order valence-corrected chi connectivity index (χ3v) is 10.9. The Hall–Kier alpha value is -4.07. The number of phenolic OH excluding ortho intramolecular Hbond substituents is 1. The first-order chi connectivity index (χ1) is 21.2. The minimum Gasteiger partial charge on any atom is -0.507 e. The van der Waals surface area contributed by atoms with E-state index in [0.29, 0.717) is 5.39 Å². The smallest absolute Gasteiger partial charge is 0.258 e. The van der Waals surface area contributed by atoms with E-state index in [1.54, 1.807) is 24.3 Å². The maximum Gasteiger partial charge on any atom is 0.258 e. The van der Waals surface area contributed by atoms with Crippen molar-refractivity contribution >= 4 is 63.3 Å². The lowest BCUT2D eigenvalue weighted by Gasteiger charge is -2.50.